The van der Waals surface area contributed by atoms with E-state index >= 15 is 0 Å². The van der Waals surface area contributed by atoms with E-state index in [1.807, 2.05) is 18.2 Å². The van der Waals surface area contributed by atoms with Gasteiger partial charge < -0.3 is 15.6 Å². The fourth-order valence-electron chi connectivity index (χ4n) is 6.07. The number of nitrogens with one attached hydrogen (secondary N) is 1. The van der Waals surface area contributed by atoms with Crippen molar-refractivity contribution in [1.82, 2.24) is 9.88 Å². The number of nitrogens with two attached hydrogens (primary N) is 1. The summed E-state index contributed by atoms with van der Waals surface area (Å²) in [6.45, 7) is 6.89. The van der Waals surface area contributed by atoms with Crippen molar-refractivity contribution in [3.63, 3.8) is 0 Å². The summed E-state index contributed by atoms with van der Waals surface area (Å²) in [6, 6.07) is 13.3. The van der Waals surface area contributed by atoms with E-state index in [1.54, 1.807) is 0 Å². The van der Waals surface area contributed by atoms with Crippen molar-refractivity contribution in [2.45, 2.75) is 63.3 Å². The lowest BCUT2D eigenvalue weighted by Gasteiger charge is -2.42. The van der Waals surface area contributed by atoms with E-state index in [0.29, 0.717) is 11.6 Å². The fourth-order valence-corrected chi connectivity index (χ4v) is 6.07. The second-order valence-corrected chi connectivity index (χ2v) is 10.3. The smallest absolute Gasteiger partial charge is 0.195 e. The number of carbonyl (C=O) groups is 1. The molecule has 2 heterocycles. The Bertz CT molecular complexity index is 1190. The van der Waals surface area contributed by atoms with Gasteiger partial charge in [-0.3, -0.25) is 4.79 Å². The molecule has 0 bridgehead atoms. The molecule has 4 heteroatoms. The summed E-state index contributed by atoms with van der Waals surface area (Å²) < 4.78 is 0. The zero-order chi connectivity index (χ0) is 21.3. The zero-order valence-electron chi connectivity index (χ0n) is 18.5. The van der Waals surface area contributed by atoms with E-state index < -0.39 is 0 Å². The van der Waals surface area contributed by atoms with Crippen LogP contribution in [0.25, 0.3) is 10.9 Å². The number of benzene rings is 2. The highest BCUT2D eigenvalue weighted by Gasteiger charge is 2.40. The molecule has 1 saturated heterocycles. The lowest BCUT2D eigenvalue weighted by Crippen LogP contribution is -2.44. The van der Waals surface area contributed by atoms with Crippen LogP contribution >= 0.6 is 0 Å². The van der Waals surface area contributed by atoms with E-state index in [-0.39, 0.29) is 11.2 Å². The number of carbonyl (C=O) groups excluding carboxylic acids is 1. The molecule has 31 heavy (non-hydrogen) atoms. The SMILES string of the molecule is CC1(C)c2cc(C3CCN(C4CCC4)CC3)ccc2C(=O)c2c1[nH]c1cc(N)ccc21. The first-order valence-electron chi connectivity index (χ1n) is 11.8. The number of H-pyrrole nitrogens is 1. The summed E-state index contributed by atoms with van der Waals surface area (Å²) in [4.78, 5) is 19.8. The Morgan fingerprint density at radius 3 is 2.52 bits per heavy atom. The molecule has 1 saturated carbocycles. The summed E-state index contributed by atoms with van der Waals surface area (Å²) in [7, 11) is 0. The normalized spacial score (nSPS) is 21.7. The summed E-state index contributed by atoms with van der Waals surface area (Å²) in [5.41, 5.74) is 12.6. The average molecular weight is 414 g/mol. The number of aromatic nitrogens is 1. The molecule has 1 aromatic heterocycles. The van der Waals surface area contributed by atoms with Crippen molar-refractivity contribution in [3.05, 3.63) is 64.3 Å². The van der Waals surface area contributed by atoms with Crippen LogP contribution in [0.5, 0.6) is 0 Å². The van der Waals surface area contributed by atoms with Gasteiger partial charge >= 0.3 is 0 Å². The van der Waals surface area contributed by atoms with Crippen molar-refractivity contribution >= 4 is 22.4 Å². The van der Waals surface area contributed by atoms with Gasteiger partial charge in [0.1, 0.15) is 0 Å². The quantitative estimate of drug-likeness (QED) is 0.557. The van der Waals surface area contributed by atoms with Gasteiger partial charge in [0, 0.05) is 39.3 Å². The summed E-state index contributed by atoms with van der Waals surface area (Å²) in [5, 5.41) is 0.973. The molecule has 6 rings (SSSR count). The molecule has 0 spiro atoms. The van der Waals surface area contributed by atoms with Gasteiger partial charge in [0.05, 0.1) is 5.56 Å². The summed E-state index contributed by atoms with van der Waals surface area (Å²) in [5.74, 6) is 0.725. The Morgan fingerprint density at radius 1 is 1.03 bits per heavy atom. The number of nitrogen functional groups attached to an aromatic ring is 1. The molecule has 3 N–H and O–H groups in total. The van der Waals surface area contributed by atoms with E-state index in [0.717, 1.165) is 39.3 Å². The molecular weight excluding hydrogens is 382 g/mol. The monoisotopic (exact) mass is 413 g/mol. The van der Waals surface area contributed by atoms with E-state index in [2.05, 4.69) is 41.9 Å². The highest BCUT2D eigenvalue weighted by molar-refractivity contribution is 6.20. The molecule has 2 aliphatic carbocycles. The zero-order valence-corrected chi connectivity index (χ0v) is 18.5. The first-order valence-corrected chi connectivity index (χ1v) is 11.8. The predicted octanol–water partition coefficient (Wildman–Crippen LogP) is 5.35. The number of hydrogen-bond donors (Lipinski definition) is 2. The minimum Gasteiger partial charge on any atom is -0.399 e. The molecule has 160 valence electrons. The predicted molar refractivity (Wildman–Crippen MR) is 126 cm³/mol. The molecule has 3 aromatic rings. The molecular formula is C27H31N3O. The summed E-state index contributed by atoms with van der Waals surface area (Å²) >= 11 is 0. The average Bonchev–Trinajstić information content (AvgIpc) is 3.11. The highest BCUT2D eigenvalue weighted by atomic mass is 16.1. The van der Waals surface area contributed by atoms with Crippen LogP contribution in [0.1, 0.15) is 84.6 Å². The Labute approximate surface area is 183 Å². The molecule has 0 radical (unpaired) electrons. The van der Waals surface area contributed by atoms with Crippen molar-refractivity contribution in [2.24, 2.45) is 0 Å². The van der Waals surface area contributed by atoms with Crippen LogP contribution in [-0.4, -0.2) is 34.8 Å². The Balaban J connectivity index is 1.36. The number of piperidine rings is 1. The second-order valence-electron chi connectivity index (χ2n) is 10.3. The van der Waals surface area contributed by atoms with Crippen LogP contribution in [0.3, 0.4) is 0 Å². The van der Waals surface area contributed by atoms with Crippen molar-refractivity contribution in [3.8, 4) is 0 Å². The van der Waals surface area contributed by atoms with Crippen molar-refractivity contribution in [1.29, 1.82) is 0 Å². The minimum atomic E-state index is -0.255. The minimum absolute atomic E-state index is 0.131. The lowest BCUT2D eigenvalue weighted by molar-refractivity contribution is 0.0974. The third-order valence-corrected chi connectivity index (χ3v) is 8.23. The molecule has 2 fully saturated rings. The van der Waals surface area contributed by atoms with Gasteiger partial charge in [-0.2, -0.15) is 0 Å². The van der Waals surface area contributed by atoms with Crippen LogP contribution in [0, 0.1) is 0 Å². The van der Waals surface area contributed by atoms with Crippen LogP contribution in [0.15, 0.2) is 36.4 Å². The fraction of sp³-hybridized carbons (Fsp3) is 0.444. The van der Waals surface area contributed by atoms with E-state index in [9.17, 15) is 4.79 Å². The van der Waals surface area contributed by atoms with Crippen LogP contribution in [-0.2, 0) is 5.41 Å². The molecule has 3 aliphatic rings. The van der Waals surface area contributed by atoms with Gasteiger partial charge in [-0.05, 0) is 68.0 Å². The van der Waals surface area contributed by atoms with Gasteiger partial charge in [-0.25, -0.2) is 0 Å². The molecule has 2 aromatic carbocycles. The second kappa shape index (κ2) is 6.70. The van der Waals surface area contributed by atoms with Crippen LogP contribution < -0.4 is 5.73 Å². The van der Waals surface area contributed by atoms with Crippen LogP contribution in [0.2, 0.25) is 0 Å². The van der Waals surface area contributed by atoms with E-state index in [4.69, 9.17) is 5.73 Å². The van der Waals surface area contributed by atoms with Crippen molar-refractivity contribution < 1.29 is 4.79 Å². The number of nitrogens with zero attached hydrogens (tertiary/aromatic N) is 1. The largest absolute Gasteiger partial charge is 0.399 e. The van der Waals surface area contributed by atoms with Gasteiger partial charge in [-0.15, -0.1) is 0 Å². The Kier molecular flexibility index (Phi) is 4.13. The van der Waals surface area contributed by atoms with E-state index in [1.165, 1.54) is 50.8 Å². The van der Waals surface area contributed by atoms with Gasteiger partial charge in [0.25, 0.3) is 0 Å². The first kappa shape index (κ1) is 19.1. The number of likely N-dealkylation sites (tertiary alicyclic amines) is 1. The molecule has 4 nitrogen and oxygen atoms in total. The summed E-state index contributed by atoms with van der Waals surface area (Å²) in [6.07, 6.45) is 6.62. The van der Waals surface area contributed by atoms with Crippen LogP contribution in [0.4, 0.5) is 5.69 Å². The van der Waals surface area contributed by atoms with Gasteiger partial charge in [0.2, 0.25) is 0 Å². The maximum atomic E-state index is 13.5. The topological polar surface area (TPSA) is 62.1 Å². The lowest BCUT2D eigenvalue weighted by atomic mass is 9.70. The number of ketones is 1. The number of aromatic amines is 1. The molecule has 0 amide bonds. The van der Waals surface area contributed by atoms with Gasteiger partial charge in [-0.1, -0.05) is 44.5 Å². The molecule has 0 unspecified atom stereocenters. The maximum Gasteiger partial charge on any atom is 0.195 e. The Morgan fingerprint density at radius 2 is 1.81 bits per heavy atom. The maximum absolute atomic E-state index is 13.5. The molecule has 1 aliphatic heterocycles. The first-order chi connectivity index (χ1) is 14.9. The number of fused-ring (bicyclic) bond motifs is 4. The van der Waals surface area contributed by atoms with Crippen molar-refractivity contribution in [2.75, 3.05) is 18.8 Å². The Hall–Kier alpha value is -2.59. The standard InChI is InChI=1S/C27H31N3O/c1-27(2)22-14-17(16-10-12-30(13-11-16)19-4-3-5-19)6-8-20(22)25(31)24-21-9-7-18(28)15-23(21)29-26(24)27/h6-9,14-16,19,29H,3-5,10-13,28H2,1-2H3. The van der Waals surface area contributed by atoms with Gasteiger partial charge in [0.15, 0.2) is 5.78 Å². The molecule has 0 atom stereocenters. The highest BCUT2D eigenvalue weighted by Crippen LogP contribution is 2.45. The third kappa shape index (κ3) is 2.81. The number of anilines is 1. The number of hydrogen-bond acceptors (Lipinski definition) is 3. The number of rotatable bonds is 2. The third-order valence-electron chi connectivity index (χ3n) is 8.23.